The summed E-state index contributed by atoms with van der Waals surface area (Å²) in [7, 11) is -1.90. The number of benzene rings is 3. The summed E-state index contributed by atoms with van der Waals surface area (Å²) in [6, 6.07) is 25.2. The quantitative estimate of drug-likeness (QED) is 0.354. The molecular formula is C28H33F3N2OS. The predicted octanol–water partition coefficient (Wildman–Crippen LogP) is 6.28. The van der Waals surface area contributed by atoms with Gasteiger partial charge < -0.3 is 0 Å². The lowest BCUT2D eigenvalue weighted by atomic mass is 9.96. The van der Waals surface area contributed by atoms with Crippen molar-refractivity contribution in [2.24, 2.45) is 0 Å². The fraction of sp³-hybridized carbons (Fsp3) is 0.357. The lowest BCUT2D eigenvalue weighted by Crippen LogP contribution is -2.59. The molecule has 0 amide bonds. The van der Waals surface area contributed by atoms with E-state index in [0.29, 0.717) is 13.1 Å². The van der Waals surface area contributed by atoms with E-state index in [0.717, 1.165) is 16.7 Å². The maximum Gasteiger partial charge on any atom is 0.406 e. The Bertz CT molecular complexity index is 1010. The fourth-order valence-corrected chi connectivity index (χ4v) is 4.77. The van der Waals surface area contributed by atoms with E-state index in [9.17, 15) is 17.4 Å². The molecule has 0 aliphatic carbocycles. The average Bonchev–Trinajstić information content (AvgIpc) is 2.81. The summed E-state index contributed by atoms with van der Waals surface area (Å²) in [4.78, 5) is 1.85. The van der Waals surface area contributed by atoms with E-state index in [4.69, 9.17) is 0 Å². The van der Waals surface area contributed by atoms with Crippen LogP contribution in [-0.4, -0.2) is 32.1 Å². The largest absolute Gasteiger partial charge is 0.406 e. The molecule has 188 valence electrons. The highest BCUT2D eigenvalue weighted by atomic mass is 32.2. The monoisotopic (exact) mass is 502 g/mol. The zero-order valence-electron chi connectivity index (χ0n) is 20.3. The van der Waals surface area contributed by atoms with Gasteiger partial charge in [-0.3, -0.25) is 4.90 Å². The molecule has 0 saturated heterocycles. The normalized spacial score (nSPS) is 15.1. The minimum absolute atomic E-state index is 0.152. The van der Waals surface area contributed by atoms with Crippen LogP contribution < -0.4 is 4.72 Å². The lowest BCUT2D eigenvalue weighted by molar-refractivity contribution is -0.167. The summed E-state index contributed by atoms with van der Waals surface area (Å²) in [5.41, 5.74) is 2.62. The van der Waals surface area contributed by atoms with Gasteiger partial charge in [-0.25, -0.2) is 8.93 Å². The van der Waals surface area contributed by atoms with E-state index in [1.807, 2.05) is 95.9 Å². The summed E-state index contributed by atoms with van der Waals surface area (Å²) in [6.07, 6.45) is -4.45. The van der Waals surface area contributed by atoms with Crippen molar-refractivity contribution in [3.8, 4) is 0 Å². The summed E-state index contributed by atoms with van der Waals surface area (Å²) in [6.45, 7) is 5.65. The van der Waals surface area contributed by atoms with Gasteiger partial charge in [0.25, 0.3) is 0 Å². The first kappa shape index (κ1) is 27.1. The molecule has 3 nitrogen and oxygen atoms in total. The van der Waals surface area contributed by atoms with Gasteiger partial charge in [-0.15, -0.1) is 0 Å². The van der Waals surface area contributed by atoms with E-state index >= 15 is 0 Å². The van der Waals surface area contributed by atoms with Crippen molar-refractivity contribution in [1.29, 1.82) is 0 Å². The van der Waals surface area contributed by atoms with Gasteiger partial charge in [-0.05, 0) is 43.9 Å². The Hall–Kier alpha value is -2.48. The maximum atomic E-state index is 14.6. The smallest absolute Gasteiger partial charge is 0.290 e. The summed E-state index contributed by atoms with van der Waals surface area (Å²) in [5.74, 6) is 0. The Morgan fingerprint density at radius 2 is 1.14 bits per heavy atom. The van der Waals surface area contributed by atoms with E-state index in [1.54, 1.807) is 20.8 Å². The summed E-state index contributed by atoms with van der Waals surface area (Å²) >= 11 is 0. The number of alkyl halides is 3. The van der Waals surface area contributed by atoms with Crippen LogP contribution in [0, 0.1) is 0 Å². The van der Waals surface area contributed by atoms with Crippen LogP contribution in [0.5, 0.6) is 0 Å². The molecule has 0 spiro atoms. The molecule has 0 saturated carbocycles. The zero-order valence-corrected chi connectivity index (χ0v) is 21.2. The van der Waals surface area contributed by atoms with Gasteiger partial charge in [0.1, 0.15) is 6.04 Å². The van der Waals surface area contributed by atoms with Crippen LogP contribution in [0.3, 0.4) is 0 Å². The molecule has 0 bridgehead atoms. The van der Waals surface area contributed by atoms with Crippen LogP contribution in [0.1, 0.15) is 37.5 Å². The molecule has 35 heavy (non-hydrogen) atoms. The Kier molecular flexibility index (Phi) is 9.27. The zero-order chi connectivity index (χ0) is 25.5. The number of hydrogen-bond donors (Lipinski definition) is 1. The topological polar surface area (TPSA) is 32.3 Å². The molecule has 3 aromatic rings. The van der Waals surface area contributed by atoms with Crippen LogP contribution >= 0.6 is 0 Å². The van der Waals surface area contributed by atoms with Crippen LogP contribution in [0.15, 0.2) is 91.0 Å². The standard InChI is InChI=1S/C28H33F3N2OS/c1-27(2,3)35(34)32-26(28(29,30)31)25(19-22-13-7-4-8-14-22)33(20-23-15-9-5-10-16-23)21-24-17-11-6-12-18-24/h4-18,25-26,32H,19-21H2,1-3H3/t25-,26+,35-/m1/s1. The Morgan fingerprint density at radius 3 is 1.51 bits per heavy atom. The third-order valence-corrected chi connectivity index (χ3v) is 7.32. The van der Waals surface area contributed by atoms with Crippen molar-refractivity contribution in [3.63, 3.8) is 0 Å². The minimum atomic E-state index is -4.61. The average molecular weight is 503 g/mol. The molecular weight excluding hydrogens is 469 g/mol. The first-order valence-electron chi connectivity index (χ1n) is 11.6. The number of nitrogens with zero attached hydrogens (tertiary/aromatic N) is 1. The van der Waals surface area contributed by atoms with Gasteiger partial charge in [0, 0.05) is 19.1 Å². The van der Waals surface area contributed by atoms with Crippen molar-refractivity contribution in [3.05, 3.63) is 108 Å². The van der Waals surface area contributed by atoms with Gasteiger partial charge in [0.15, 0.2) is 0 Å². The Labute approximate surface area is 209 Å². The highest BCUT2D eigenvalue weighted by Gasteiger charge is 2.48. The van der Waals surface area contributed by atoms with Gasteiger partial charge in [0.05, 0.1) is 15.7 Å². The third kappa shape index (κ3) is 8.30. The second kappa shape index (κ2) is 12.0. The predicted molar refractivity (Wildman–Crippen MR) is 137 cm³/mol. The first-order chi connectivity index (χ1) is 16.5. The molecule has 3 aromatic carbocycles. The number of hydrogen-bond acceptors (Lipinski definition) is 2. The highest BCUT2D eigenvalue weighted by molar-refractivity contribution is 7.84. The molecule has 0 aliphatic heterocycles. The Balaban J connectivity index is 2.07. The number of nitrogens with one attached hydrogen (secondary N) is 1. The van der Waals surface area contributed by atoms with Gasteiger partial charge in [0.2, 0.25) is 0 Å². The van der Waals surface area contributed by atoms with Crippen LogP contribution in [-0.2, 0) is 30.5 Å². The molecule has 0 aromatic heterocycles. The van der Waals surface area contributed by atoms with Crippen molar-refractivity contribution < 1.29 is 17.4 Å². The molecule has 3 rings (SSSR count). The Morgan fingerprint density at radius 1 is 0.743 bits per heavy atom. The summed E-state index contributed by atoms with van der Waals surface area (Å²) < 4.78 is 58.4. The molecule has 0 fully saturated rings. The van der Waals surface area contributed by atoms with Crippen molar-refractivity contribution >= 4 is 11.0 Å². The molecule has 0 unspecified atom stereocenters. The van der Waals surface area contributed by atoms with Gasteiger partial charge >= 0.3 is 6.18 Å². The minimum Gasteiger partial charge on any atom is -0.290 e. The lowest BCUT2D eigenvalue weighted by Gasteiger charge is -2.39. The molecule has 1 N–H and O–H groups in total. The molecule has 0 aliphatic rings. The van der Waals surface area contributed by atoms with E-state index in [2.05, 4.69) is 4.72 Å². The van der Waals surface area contributed by atoms with E-state index in [-0.39, 0.29) is 6.42 Å². The second-order valence-electron chi connectivity index (χ2n) is 9.65. The van der Waals surface area contributed by atoms with Crippen LogP contribution in [0.4, 0.5) is 13.2 Å². The summed E-state index contributed by atoms with van der Waals surface area (Å²) in [5, 5.41) is 0. The van der Waals surface area contributed by atoms with Crippen LogP contribution in [0.2, 0.25) is 0 Å². The van der Waals surface area contributed by atoms with E-state index < -0.39 is 34.0 Å². The maximum absolute atomic E-state index is 14.6. The second-order valence-corrected chi connectivity index (χ2v) is 11.6. The number of rotatable bonds is 10. The van der Waals surface area contributed by atoms with Crippen molar-refractivity contribution in [2.75, 3.05) is 0 Å². The molecule has 0 heterocycles. The molecule has 3 atom stereocenters. The first-order valence-corrected chi connectivity index (χ1v) is 12.8. The fourth-order valence-electron chi connectivity index (χ4n) is 3.90. The highest BCUT2D eigenvalue weighted by Crippen LogP contribution is 2.30. The van der Waals surface area contributed by atoms with Crippen molar-refractivity contribution in [2.45, 2.75) is 63.3 Å². The number of halogens is 3. The van der Waals surface area contributed by atoms with Gasteiger partial charge in [-0.2, -0.15) is 13.2 Å². The molecule has 0 radical (unpaired) electrons. The SMILES string of the molecule is CC(C)(C)[S@@](=O)N[C@@H]([C@@H](Cc1ccccc1)N(Cc1ccccc1)Cc1ccccc1)C(F)(F)F. The third-order valence-electron chi connectivity index (χ3n) is 5.74. The van der Waals surface area contributed by atoms with E-state index in [1.165, 1.54) is 0 Å². The van der Waals surface area contributed by atoms with Crippen LogP contribution in [0.25, 0.3) is 0 Å². The van der Waals surface area contributed by atoms with Gasteiger partial charge in [-0.1, -0.05) is 91.0 Å². The van der Waals surface area contributed by atoms with Crippen molar-refractivity contribution in [1.82, 2.24) is 9.62 Å². The molecule has 7 heteroatoms.